The Kier molecular flexibility index (Phi) is 6.84. The van der Waals surface area contributed by atoms with Gasteiger partial charge in [-0.3, -0.25) is 0 Å². The zero-order chi connectivity index (χ0) is 14.3. The summed E-state index contributed by atoms with van der Waals surface area (Å²) in [5, 5.41) is 9.93. The molecule has 0 aromatic heterocycles. The van der Waals surface area contributed by atoms with Crippen molar-refractivity contribution in [3.8, 4) is 5.75 Å². The van der Waals surface area contributed by atoms with Gasteiger partial charge in [0.05, 0.1) is 6.61 Å². The molecule has 0 aliphatic rings. The first-order valence-corrected chi connectivity index (χ1v) is 6.58. The molecule has 0 spiro atoms. The van der Waals surface area contributed by atoms with Gasteiger partial charge in [-0.1, -0.05) is 12.1 Å². The maximum atomic E-state index is 9.93. The van der Waals surface area contributed by atoms with E-state index in [9.17, 15) is 5.11 Å². The monoisotopic (exact) mass is 267 g/mol. The van der Waals surface area contributed by atoms with Crippen molar-refractivity contribution in [2.45, 2.75) is 20.0 Å². The number of aliphatic hydroxyl groups excluding tert-OH is 1. The lowest BCUT2D eigenvalue weighted by Crippen LogP contribution is -2.34. The second-order valence-corrected chi connectivity index (χ2v) is 4.99. The van der Waals surface area contributed by atoms with E-state index in [1.807, 2.05) is 37.9 Å². The first kappa shape index (κ1) is 16.0. The Hall–Kier alpha value is -1.10. The summed E-state index contributed by atoms with van der Waals surface area (Å²) >= 11 is 0. The van der Waals surface area contributed by atoms with Gasteiger partial charge in [0, 0.05) is 20.2 Å². The molecule has 108 valence electrons. The fourth-order valence-corrected chi connectivity index (χ4v) is 1.80. The SMILES string of the molecule is COCCN(C)CC(O)COc1cc(C)ccc1C. The molecule has 1 aromatic carbocycles. The first-order valence-electron chi connectivity index (χ1n) is 6.58. The Morgan fingerprint density at radius 1 is 1.32 bits per heavy atom. The van der Waals surface area contributed by atoms with Crippen LogP contribution >= 0.6 is 0 Å². The van der Waals surface area contributed by atoms with Gasteiger partial charge in [0.1, 0.15) is 18.5 Å². The van der Waals surface area contributed by atoms with Crippen LogP contribution in [0, 0.1) is 13.8 Å². The van der Waals surface area contributed by atoms with E-state index >= 15 is 0 Å². The third kappa shape index (κ3) is 6.05. The van der Waals surface area contributed by atoms with Crippen molar-refractivity contribution in [3.63, 3.8) is 0 Å². The Morgan fingerprint density at radius 2 is 2.05 bits per heavy atom. The molecule has 0 aliphatic heterocycles. The summed E-state index contributed by atoms with van der Waals surface area (Å²) in [6, 6.07) is 6.08. The molecule has 1 aromatic rings. The van der Waals surface area contributed by atoms with E-state index in [1.54, 1.807) is 7.11 Å². The van der Waals surface area contributed by atoms with Gasteiger partial charge in [-0.05, 0) is 38.1 Å². The lowest BCUT2D eigenvalue weighted by molar-refractivity contribution is 0.0665. The summed E-state index contributed by atoms with van der Waals surface area (Å²) in [5.74, 6) is 0.846. The number of benzene rings is 1. The predicted octanol–water partition coefficient (Wildman–Crippen LogP) is 1.62. The minimum Gasteiger partial charge on any atom is -0.491 e. The Morgan fingerprint density at radius 3 is 2.74 bits per heavy atom. The lowest BCUT2D eigenvalue weighted by Gasteiger charge is -2.20. The number of ether oxygens (including phenoxy) is 2. The van der Waals surface area contributed by atoms with Crippen molar-refractivity contribution >= 4 is 0 Å². The van der Waals surface area contributed by atoms with E-state index in [-0.39, 0.29) is 0 Å². The highest BCUT2D eigenvalue weighted by molar-refractivity contribution is 5.35. The average molecular weight is 267 g/mol. The molecule has 0 saturated heterocycles. The van der Waals surface area contributed by atoms with Crippen molar-refractivity contribution in [1.29, 1.82) is 0 Å². The smallest absolute Gasteiger partial charge is 0.122 e. The van der Waals surface area contributed by atoms with Crippen LogP contribution in [0.1, 0.15) is 11.1 Å². The van der Waals surface area contributed by atoms with Crippen molar-refractivity contribution in [2.75, 3.05) is 40.5 Å². The minimum atomic E-state index is -0.498. The molecule has 0 bridgehead atoms. The second-order valence-electron chi connectivity index (χ2n) is 4.99. The van der Waals surface area contributed by atoms with Gasteiger partial charge < -0.3 is 19.5 Å². The van der Waals surface area contributed by atoms with Crippen molar-refractivity contribution in [3.05, 3.63) is 29.3 Å². The summed E-state index contributed by atoms with van der Waals surface area (Å²) < 4.78 is 10.7. The van der Waals surface area contributed by atoms with E-state index in [2.05, 4.69) is 6.07 Å². The highest BCUT2D eigenvalue weighted by Crippen LogP contribution is 2.19. The molecule has 4 nitrogen and oxygen atoms in total. The van der Waals surface area contributed by atoms with E-state index in [4.69, 9.17) is 9.47 Å². The molecule has 19 heavy (non-hydrogen) atoms. The maximum absolute atomic E-state index is 9.93. The lowest BCUT2D eigenvalue weighted by atomic mass is 10.1. The molecule has 0 radical (unpaired) electrons. The third-order valence-electron chi connectivity index (χ3n) is 2.97. The number of nitrogens with zero attached hydrogens (tertiary/aromatic N) is 1. The maximum Gasteiger partial charge on any atom is 0.122 e. The zero-order valence-corrected chi connectivity index (χ0v) is 12.3. The van der Waals surface area contributed by atoms with E-state index < -0.39 is 6.10 Å². The van der Waals surface area contributed by atoms with Crippen molar-refractivity contribution < 1.29 is 14.6 Å². The number of hydrogen-bond acceptors (Lipinski definition) is 4. The topological polar surface area (TPSA) is 41.9 Å². The fraction of sp³-hybridized carbons (Fsp3) is 0.600. The van der Waals surface area contributed by atoms with Gasteiger partial charge in [0.2, 0.25) is 0 Å². The Balaban J connectivity index is 2.37. The van der Waals surface area contributed by atoms with Crippen LogP contribution in [0.5, 0.6) is 5.75 Å². The average Bonchev–Trinajstić information content (AvgIpc) is 2.37. The number of methoxy groups -OCH3 is 1. The number of likely N-dealkylation sites (N-methyl/N-ethyl adjacent to an activating group) is 1. The quantitative estimate of drug-likeness (QED) is 0.777. The molecule has 0 fully saturated rings. The summed E-state index contributed by atoms with van der Waals surface area (Å²) in [5.41, 5.74) is 2.25. The van der Waals surface area contributed by atoms with Crippen LogP contribution in [-0.2, 0) is 4.74 Å². The highest BCUT2D eigenvalue weighted by atomic mass is 16.5. The van der Waals surface area contributed by atoms with Crippen molar-refractivity contribution in [2.24, 2.45) is 0 Å². The van der Waals surface area contributed by atoms with Crippen LogP contribution in [0.25, 0.3) is 0 Å². The molecular formula is C15H25NO3. The molecule has 1 unspecified atom stereocenters. The van der Waals surface area contributed by atoms with Gasteiger partial charge in [-0.2, -0.15) is 0 Å². The molecule has 0 saturated carbocycles. The highest BCUT2D eigenvalue weighted by Gasteiger charge is 2.10. The van der Waals surface area contributed by atoms with Gasteiger partial charge in [-0.25, -0.2) is 0 Å². The predicted molar refractivity (Wildman–Crippen MR) is 76.8 cm³/mol. The summed E-state index contributed by atoms with van der Waals surface area (Å²) in [6.45, 7) is 6.39. The molecule has 0 heterocycles. The molecule has 1 atom stereocenters. The number of rotatable bonds is 8. The summed E-state index contributed by atoms with van der Waals surface area (Å²) in [4.78, 5) is 2.03. The van der Waals surface area contributed by atoms with Gasteiger partial charge in [0.15, 0.2) is 0 Å². The van der Waals surface area contributed by atoms with Gasteiger partial charge in [0.25, 0.3) is 0 Å². The Bertz CT molecular complexity index is 382. The number of hydrogen-bond donors (Lipinski definition) is 1. The van der Waals surface area contributed by atoms with E-state index in [1.165, 1.54) is 0 Å². The standard InChI is InChI=1S/C15H25NO3/c1-12-5-6-13(2)15(9-12)19-11-14(17)10-16(3)7-8-18-4/h5-6,9,14,17H,7-8,10-11H2,1-4H3. The molecule has 0 aliphatic carbocycles. The van der Waals surface area contributed by atoms with E-state index in [0.717, 1.165) is 23.4 Å². The fourth-order valence-electron chi connectivity index (χ4n) is 1.80. The van der Waals surface area contributed by atoms with Crippen LogP contribution in [-0.4, -0.2) is 56.6 Å². The van der Waals surface area contributed by atoms with Crippen molar-refractivity contribution in [1.82, 2.24) is 4.90 Å². The molecular weight excluding hydrogens is 242 g/mol. The minimum absolute atomic E-state index is 0.307. The summed E-state index contributed by atoms with van der Waals surface area (Å²) in [6.07, 6.45) is -0.498. The van der Waals surface area contributed by atoms with Crippen LogP contribution < -0.4 is 4.74 Å². The van der Waals surface area contributed by atoms with Crippen LogP contribution in [0.15, 0.2) is 18.2 Å². The normalized spacial score (nSPS) is 12.7. The first-order chi connectivity index (χ1) is 9.02. The van der Waals surface area contributed by atoms with Gasteiger partial charge >= 0.3 is 0 Å². The van der Waals surface area contributed by atoms with Crippen LogP contribution in [0.3, 0.4) is 0 Å². The summed E-state index contributed by atoms with van der Waals surface area (Å²) in [7, 11) is 3.63. The zero-order valence-electron chi connectivity index (χ0n) is 12.3. The van der Waals surface area contributed by atoms with Crippen LogP contribution in [0.2, 0.25) is 0 Å². The third-order valence-corrected chi connectivity index (χ3v) is 2.97. The number of aryl methyl sites for hydroxylation is 2. The molecule has 0 amide bonds. The second kappa shape index (κ2) is 8.15. The molecule has 1 N–H and O–H groups in total. The Labute approximate surface area is 115 Å². The largest absolute Gasteiger partial charge is 0.491 e. The molecule has 4 heteroatoms. The van der Waals surface area contributed by atoms with E-state index in [0.29, 0.717) is 19.8 Å². The van der Waals surface area contributed by atoms with Crippen LogP contribution in [0.4, 0.5) is 0 Å². The molecule has 1 rings (SSSR count). The van der Waals surface area contributed by atoms with Gasteiger partial charge in [-0.15, -0.1) is 0 Å². The number of aliphatic hydroxyl groups is 1.